The Morgan fingerprint density at radius 3 is 2.39 bits per heavy atom. The fourth-order valence-corrected chi connectivity index (χ4v) is 1.64. The lowest BCUT2D eigenvalue weighted by Crippen LogP contribution is -2.43. The molecule has 0 fully saturated rings. The van der Waals surface area contributed by atoms with Gasteiger partial charge in [-0.25, -0.2) is 0 Å². The van der Waals surface area contributed by atoms with Crippen LogP contribution in [0.25, 0.3) is 0 Å². The van der Waals surface area contributed by atoms with Crippen molar-refractivity contribution < 1.29 is 15.0 Å². The minimum absolute atomic E-state index is 0.0185. The lowest BCUT2D eigenvalue weighted by molar-refractivity contribution is -0.125. The molecule has 1 unspecified atom stereocenters. The second-order valence-electron chi connectivity index (χ2n) is 5.67. The predicted octanol–water partition coefficient (Wildman–Crippen LogP) is 2.19. The van der Waals surface area contributed by atoms with E-state index in [-0.39, 0.29) is 28.9 Å². The van der Waals surface area contributed by atoms with Gasteiger partial charge in [-0.15, -0.1) is 0 Å². The molecular weight excluding hydrogens is 230 g/mol. The minimum atomic E-state index is -0.248. The number of carbonyl (C=O) groups excluding carboxylic acids is 1. The highest BCUT2D eigenvalue weighted by atomic mass is 16.3. The summed E-state index contributed by atoms with van der Waals surface area (Å²) in [4.78, 5) is 11.9. The van der Waals surface area contributed by atoms with E-state index in [2.05, 4.69) is 5.32 Å². The monoisotopic (exact) mass is 251 g/mol. The summed E-state index contributed by atoms with van der Waals surface area (Å²) < 4.78 is 0. The van der Waals surface area contributed by atoms with Crippen molar-refractivity contribution in [3.05, 3.63) is 23.8 Å². The molecule has 0 aromatic heterocycles. The van der Waals surface area contributed by atoms with E-state index >= 15 is 0 Å². The summed E-state index contributed by atoms with van der Waals surface area (Å²) in [5.41, 5.74) is 0.574. The molecule has 4 heteroatoms. The SMILES string of the molecule is CC(Cc1ccc(O)c(O)c1)C(=O)NC(C)(C)C. The van der Waals surface area contributed by atoms with Crippen LogP contribution in [0, 0.1) is 5.92 Å². The number of carbonyl (C=O) groups is 1. The lowest BCUT2D eigenvalue weighted by atomic mass is 9.98. The molecule has 0 radical (unpaired) electrons. The Morgan fingerprint density at radius 2 is 1.89 bits per heavy atom. The van der Waals surface area contributed by atoms with E-state index in [0.29, 0.717) is 6.42 Å². The molecule has 0 saturated carbocycles. The molecular formula is C14H21NO3. The largest absolute Gasteiger partial charge is 0.504 e. The number of benzene rings is 1. The van der Waals surface area contributed by atoms with Crippen molar-refractivity contribution in [2.45, 2.75) is 39.7 Å². The maximum absolute atomic E-state index is 11.9. The van der Waals surface area contributed by atoms with Gasteiger partial charge >= 0.3 is 0 Å². The number of hydrogen-bond acceptors (Lipinski definition) is 3. The van der Waals surface area contributed by atoms with Gasteiger partial charge in [0.15, 0.2) is 11.5 Å². The van der Waals surface area contributed by atoms with E-state index in [1.807, 2.05) is 27.7 Å². The Kier molecular flexibility index (Phi) is 4.22. The summed E-state index contributed by atoms with van der Waals surface area (Å²) in [5.74, 6) is -0.510. The van der Waals surface area contributed by atoms with Crippen LogP contribution in [0.15, 0.2) is 18.2 Å². The van der Waals surface area contributed by atoms with Gasteiger partial charge in [0.1, 0.15) is 0 Å². The highest BCUT2D eigenvalue weighted by Gasteiger charge is 2.19. The first kappa shape index (κ1) is 14.4. The van der Waals surface area contributed by atoms with E-state index in [4.69, 9.17) is 0 Å². The number of rotatable bonds is 3. The van der Waals surface area contributed by atoms with Crippen LogP contribution in [0.5, 0.6) is 11.5 Å². The van der Waals surface area contributed by atoms with E-state index < -0.39 is 0 Å². The average molecular weight is 251 g/mol. The second-order valence-corrected chi connectivity index (χ2v) is 5.67. The van der Waals surface area contributed by atoms with Crippen molar-refractivity contribution in [1.29, 1.82) is 0 Å². The highest BCUT2D eigenvalue weighted by Crippen LogP contribution is 2.26. The van der Waals surface area contributed by atoms with Crippen LogP contribution in [0.3, 0.4) is 0 Å². The summed E-state index contributed by atoms with van der Waals surface area (Å²) in [5, 5.41) is 21.5. The maximum Gasteiger partial charge on any atom is 0.223 e. The smallest absolute Gasteiger partial charge is 0.223 e. The average Bonchev–Trinajstić information content (AvgIpc) is 2.21. The number of hydrogen-bond donors (Lipinski definition) is 3. The molecule has 0 saturated heterocycles. The summed E-state index contributed by atoms with van der Waals surface area (Å²) >= 11 is 0. The number of phenolic OH excluding ortho intramolecular Hbond substituents is 2. The fourth-order valence-electron chi connectivity index (χ4n) is 1.64. The van der Waals surface area contributed by atoms with Gasteiger partial charge in [0, 0.05) is 11.5 Å². The van der Waals surface area contributed by atoms with Crippen LogP contribution < -0.4 is 5.32 Å². The molecule has 3 N–H and O–H groups in total. The lowest BCUT2D eigenvalue weighted by Gasteiger charge is -2.23. The minimum Gasteiger partial charge on any atom is -0.504 e. The van der Waals surface area contributed by atoms with Gasteiger partial charge in [-0.2, -0.15) is 0 Å². The number of amides is 1. The van der Waals surface area contributed by atoms with Gasteiger partial charge in [0.05, 0.1) is 0 Å². The summed E-state index contributed by atoms with van der Waals surface area (Å²) in [7, 11) is 0. The predicted molar refractivity (Wildman–Crippen MR) is 70.5 cm³/mol. The molecule has 0 spiro atoms. The Balaban J connectivity index is 2.66. The first-order valence-electron chi connectivity index (χ1n) is 6.02. The molecule has 1 aromatic carbocycles. The maximum atomic E-state index is 11.9. The first-order chi connectivity index (χ1) is 8.19. The normalized spacial score (nSPS) is 13.1. The van der Waals surface area contributed by atoms with Gasteiger partial charge in [-0.1, -0.05) is 13.0 Å². The molecule has 0 aliphatic rings. The molecule has 0 aliphatic carbocycles. The Morgan fingerprint density at radius 1 is 1.28 bits per heavy atom. The fraction of sp³-hybridized carbons (Fsp3) is 0.500. The molecule has 1 amide bonds. The van der Waals surface area contributed by atoms with Crippen LogP contribution in [0.4, 0.5) is 0 Å². The number of phenols is 2. The standard InChI is InChI=1S/C14H21NO3/c1-9(13(18)15-14(2,3)4)7-10-5-6-11(16)12(17)8-10/h5-6,8-9,16-17H,7H2,1-4H3,(H,15,18). The number of nitrogens with one attached hydrogen (secondary N) is 1. The van der Waals surface area contributed by atoms with Crippen LogP contribution >= 0.6 is 0 Å². The topological polar surface area (TPSA) is 69.6 Å². The summed E-state index contributed by atoms with van der Waals surface area (Å²) in [6, 6.07) is 4.62. The molecule has 0 bridgehead atoms. The summed E-state index contributed by atoms with van der Waals surface area (Å²) in [6.07, 6.45) is 0.524. The Hall–Kier alpha value is -1.71. The van der Waals surface area contributed by atoms with E-state index in [9.17, 15) is 15.0 Å². The van der Waals surface area contributed by atoms with E-state index in [1.54, 1.807) is 6.07 Å². The number of aromatic hydroxyl groups is 2. The molecule has 0 heterocycles. The molecule has 0 aliphatic heterocycles. The van der Waals surface area contributed by atoms with Gasteiger partial charge in [-0.3, -0.25) is 4.79 Å². The second kappa shape index (κ2) is 5.29. The van der Waals surface area contributed by atoms with Crippen LogP contribution in [0.1, 0.15) is 33.3 Å². The van der Waals surface area contributed by atoms with Crippen molar-refractivity contribution in [1.82, 2.24) is 5.32 Å². The van der Waals surface area contributed by atoms with Gasteiger partial charge in [0.25, 0.3) is 0 Å². The Bertz CT molecular complexity index is 435. The van der Waals surface area contributed by atoms with Gasteiger partial charge < -0.3 is 15.5 Å². The van der Waals surface area contributed by atoms with Crippen molar-refractivity contribution >= 4 is 5.91 Å². The van der Waals surface area contributed by atoms with Crippen LogP contribution in [-0.4, -0.2) is 21.7 Å². The van der Waals surface area contributed by atoms with Gasteiger partial charge in [-0.05, 0) is 44.9 Å². The zero-order valence-corrected chi connectivity index (χ0v) is 11.3. The van der Waals surface area contributed by atoms with Crippen molar-refractivity contribution in [2.24, 2.45) is 5.92 Å². The van der Waals surface area contributed by atoms with Crippen molar-refractivity contribution in [3.8, 4) is 11.5 Å². The third kappa shape index (κ3) is 4.28. The quantitative estimate of drug-likeness (QED) is 0.721. The summed E-state index contributed by atoms with van der Waals surface area (Å²) in [6.45, 7) is 7.64. The molecule has 18 heavy (non-hydrogen) atoms. The van der Waals surface area contributed by atoms with Crippen molar-refractivity contribution in [3.63, 3.8) is 0 Å². The first-order valence-corrected chi connectivity index (χ1v) is 6.02. The molecule has 1 aromatic rings. The third-order valence-corrected chi connectivity index (χ3v) is 2.53. The zero-order chi connectivity index (χ0) is 13.9. The molecule has 4 nitrogen and oxygen atoms in total. The third-order valence-electron chi connectivity index (χ3n) is 2.53. The molecule has 100 valence electrons. The van der Waals surface area contributed by atoms with Gasteiger partial charge in [0.2, 0.25) is 5.91 Å². The molecule has 1 rings (SSSR count). The van der Waals surface area contributed by atoms with Crippen LogP contribution in [-0.2, 0) is 11.2 Å². The highest BCUT2D eigenvalue weighted by molar-refractivity contribution is 5.79. The molecule has 1 atom stereocenters. The van der Waals surface area contributed by atoms with Crippen molar-refractivity contribution in [2.75, 3.05) is 0 Å². The Labute approximate surface area is 108 Å². The van der Waals surface area contributed by atoms with E-state index in [1.165, 1.54) is 12.1 Å². The zero-order valence-electron chi connectivity index (χ0n) is 11.3. The van der Waals surface area contributed by atoms with E-state index in [0.717, 1.165) is 5.56 Å². The van der Waals surface area contributed by atoms with Crippen LogP contribution in [0.2, 0.25) is 0 Å².